The number of nitrogens with one attached hydrogen (secondary N) is 1. The molecule has 0 radical (unpaired) electrons. The molecule has 0 amide bonds. The molecular weight excluding hydrogens is 583 g/mol. The third-order valence-electron chi connectivity index (χ3n) is 8.67. The zero-order valence-electron chi connectivity index (χ0n) is 30.3. The summed E-state index contributed by atoms with van der Waals surface area (Å²) in [6, 6.07) is 1.10. The number of hydrogen-bond acceptors (Lipinski definition) is 6. The van der Waals surface area contributed by atoms with E-state index in [-0.39, 0.29) is 0 Å². The second-order valence-corrected chi connectivity index (χ2v) is 16.7. The van der Waals surface area contributed by atoms with E-state index in [1.807, 2.05) is 20.9 Å². The standard InChI is InChI=1S/C37H77NO4SSi/c1-6-10-12-14-16-18-19-20-21-23-24-26-28-31-36(38-5)35-42-44(40-8-3,41-9-4)34-30-33-43-37(39)32-29-27-25-22-17-15-13-11-7-2/h36,38H,6-35H2,1-5H3. The van der Waals surface area contributed by atoms with Gasteiger partial charge in [0.1, 0.15) is 0 Å². The fourth-order valence-corrected chi connectivity index (χ4v) is 9.54. The van der Waals surface area contributed by atoms with Crippen molar-refractivity contribution in [2.75, 3.05) is 32.6 Å². The molecule has 0 fully saturated rings. The molecule has 7 heteroatoms. The molecule has 264 valence electrons. The van der Waals surface area contributed by atoms with Crippen LogP contribution in [-0.4, -0.2) is 52.6 Å². The molecule has 0 saturated carbocycles. The smallest absolute Gasteiger partial charge is 0.374 e. The van der Waals surface area contributed by atoms with Crippen molar-refractivity contribution in [2.45, 2.75) is 200 Å². The van der Waals surface area contributed by atoms with Crippen LogP contribution in [0.5, 0.6) is 0 Å². The van der Waals surface area contributed by atoms with E-state index in [2.05, 4.69) is 19.2 Å². The fraction of sp³-hybridized carbons (Fsp3) is 0.973. The summed E-state index contributed by atoms with van der Waals surface area (Å²) in [6.45, 7) is 10.4. The van der Waals surface area contributed by atoms with Crippen molar-refractivity contribution in [1.29, 1.82) is 0 Å². The van der Waals surface area contributed by atoms with Gasteiger partial charge in [0.05, 0.1) is 6.61 Å². The highest BCUT2D eigenvalue weighted by atomic mass is 32.2. The molecule has 0 aliphatic rings. The highest BCUT2D eigenvalue weighted by Crippen LogP contribution is 2.22. The van der Waals surface area contributed by atoms with Gasteiger partial charge in [-0.25, -0.2) is 0 Å². The van der Waals surface area contributed by atoms with E-state index in [0.29, 0.717) is 37.4 Å². The van der Waals surface area contributed by atoms with Crippen LogP contribution in [0.1, 0.15) is 188 Å². The van der Waals surface area contributed by atoms with Crippen LogP contribution in [0.15, 0.2) is 0 Å². The van der Waals surface area contributed by atoms with Gasteiger partial charge in [0, 0.05) is 37.5 Å². The molecule has 0 aromatic rings. The van der Waals surface area contributed by atoms with Crippen molar-refractivity contribution in [1.82, 2.24) is 5.32 Å². The largest absolute Gasteiger partial charge is 0.501 e. The summed E-state index contributed by atoms with van der Waals surface area (Å²) >= 11 is 1.49. The van der Waals surface area contributed by atoms with Crippen molar-refractivity contribution in [3.8, 4) is 0 Å². The highest BCUT2D eigenvalue weighted by molar-refractivity contribution is 8.13. The monoisotopic (exact) mass is 660 g/mol. The Balaban J connectivity index is 4.13. The molecule has 0 saturated heterocycles. The Morgan fingerprint density at radius 1 is 0.591 bits per heavy atom. The summed E-state index contributed by atoms with van der Waals surface area (Å²) in [5, 5.41) is 3.80. The minimum Gasteiger partial charge on any atom is -0.374 e. The maximum Gasteiger partial charge on any atom is 0.501 e. The van der Waals surface area contributed by atoms with Gasteiger partial charge in [-0.2, -0.15) is 0 Å². The lowest BCUT2D eigenvalue weighted by atomic mass is 10.0. The van der Waals surface area contributed by atoms with E-state index in [9.17, 15) is 4.79 Å². The van der Waals surface area contributed by atoms with Gasteiger partial charge in [0.25, 0.3) is 0 Å². The number of thioether (sulfide) groups is 1. The second kappa shape index (κ2) is 34.4. The Bertz CT molecular complexity index is 592. The van der Waals surface area contributed by atoms with Crippen molar-refractivity contribution in [3.05, 3.63) is 0 Å². The quantitative estimate of drug-likeness (QED) is 0.0533. The molecule has 0 aromatic heterocycles. The van der Waals surface area contributed by atoms with E-state index in [0.717, 1.165) is 31.1 Å². The number of rotatable bonds is 36. The molecule has 1 atom stereocenters. The van der Waals surface area contributed by atoms with Crippen LogP contribution in [-0.2, 0) is 18.1 Å². The predicted molar refractivity (Wildman–Crippen MR) is 197 cm³/mol. The minimum atomic E-state index is -2.75. The third-order valence-corrected chi connectivity index (χ3v) is 12.7. The van der Waals surface area contributed by atoms with Crippen LogP contribution in [0.25, 0.3) is 0 Å². The summed E-state index contributed by atoms with van der Waals surface area (Å²) in [6.07, 6.45) is 32.3. The number of likely N-dealkylation sites (N-methyl/N-ethyl adjacent to an activating group) is 1. The van der Waals surface area contributed by atoms with E-state index in [4.69, 9.17) is 13.3 Å². The van der Waals surface area contributed by atoms with Gasteiger partial charge in [-0.3, -0.25) is 4.79 Å². The maximum absolute atomic E-state index is 12.4. The summed E-state index contributed by atoms with van der Waals surface area (Å²) in [4.78, 5) is 12.4. The van der Waals surface area contributed by atoms with Crippen molar-refractivity contribution in [2.24, 2.45) is 0 Å². The highest BCUT2D eigenvalue weighted by Gasteiger charge is 2.40. The zero-order valence-corrected chi connectivity index (χ0v) is 32.1. The summed E-state index contributed by atoms with van der Waals surface area (Å²) in [5.41, 5.74) is 0. The molecule has 0 rings (SSSR count). The summed E-state index contributed by atoms with van der Waals surface area (Å²) < 4.78 is 18.9. The van der Waals surface area contributed by atoms with Crippen LogP contribution in [0, 0.1) is 0 Å². The van der Waals surface area contributed by atoms with Gasteiger partial charge in [0.2, 0.25) is 0 Å². The van der Waals surface area contributed by atoms with Crippen LogP contribution in [0.3, 0.4) is 0 Å². The maximum atomic E-state index is 12.4. The van der Waals surface area contributed by atoms with Gasteiger partial charge in [0.15, 0.2) is 5.12 Å². The average Bonchev–Trinajstić information content (AvgIpc) is 3.02. The Hall–Kier alpha value is 0.0769. The van der Waals surface area contributed by atoms with Gasteiger partial charge in [-0.1, -0.05) is 160 Å². The van der Waals surface area contributed by atoms with Crippen LogP contribution >= 0.6 is 11.8 Å². The average molecular weight is 660 g/mol. The molecule has 0 spiro atoms. The molecule has 0 aromatic carbocycles. The van der Waals surface area contributed by atoms with Crippen LogP contribution in [0.2, 0.25) is 6.04 Å². The van der Waals surface area contributed by atoms with E-state index in [1.165, 1.54) is 147 Å². The van der Waals surface area contributed by atoms with Gasteiger partial charge < -0.3 is 18.6 Å². The van der Waals surface area contributed by atoms with Crippen molar-refractivity contribution in [3.63, 3.8) is 0 Å². The predicted octanol–water partition coefficient (Wildman–Crippen LogP) is 11.7. The first kappa shape index (κ1) is 44.1. The number of carbonyl (C=O) groups is 1. The zero-order chi connectivity index (χ0) is 32.4. The molecule has 1 N–H and O–H groups in total. The SMILES string of the molecule is CCCCCCCCCCCCCCCC(CO[Si](CCCSC(=O)CCCCCCCCCCC)(OCC)OCC)NC. The van der Waals surface area contributed by atoms with E-state index >= 15 is 0 Å². The first-order valence-electron chi connectivity index (χ1n) is 19.3. The van der Waals surface area contributed by atoms with Crippen molar-refractivity contribution < 1.29 is 18.1 Å². The second-order valence-electron chi connectivity index (χ2n) is 12.8. The van der Waals surface area contributed by atoms with Gasteiger partial charge in [-0.15, -0.1) is 0 Å². The fourth-order valence-electron chi connectivity index (χ4n) is 5.86. The molecule has 0 bridgehead atoms. The molecule has 0 heterocycles. The normalized spacial score (nSPS) is 12.7. The van der Waals surface area contributed by atoms with Gasteiger partial charge >= 0.3 is 8.80 Å². The lowest BCUT2D eigenvalue weighted by molar-refractivity contribution is -0.111. The Morgan fingerprint density at radius 3 is 1.45 bits per heavy atom. The lowest BCUT2D eigenvalue weighted by Crippen LogP contribution is -2.48. The first-order valence-corrected chi connectivity index (χ1v) is 22.2. The number of carbonyl (C=O) groups excluding carboxylic acids is 1. The molecule has 1 unspecified atom stereocenters. The molecule has 0 aliphatic heterocycles. The molecule has 0 aliphatic carbocycles. The van der Waals surface area contributed by atoms with E-state index < -0.39 is 8.80 Å². The van der Waals surface area contributed by atoms with E-state index in [1.54, 1.807) is 0 Å². The Kier molecular flexibility index (Phi) is 34.5. The Labute approximate surface area is 281 Å². The van der Waals surface area contributed by atoms with Gasteiger partial charge in [-0.05, 0) is 40.2 Å². The van der Waals surface area contributed by atoms with Crippen LogP contribution in [0.4, 0.5) is 0 Å². The number of unbranched alkanes of at least 4 members (excludes halogenated alkanes) is 20. The summed E-state index contributed by atoms with van der Waals surface area (Å²) in [7, 11) is -0.712. The molecule has 5 nitrogen and oxygen atoms in total. The topological polar surface area (TPSA) is 56.8 Å². The molecule has 44 heavy (non-hydrogen) atoms. The summed E-state index contributed by atoms with van der Waals surface area (Å²) in [5.74, 6) is 0.822. The lowest BCUT2D eigenvalue weighted by Gasteiger charge is -2.30. The third kappa shape index (κ3) is 28.3. The molecular formula is C37H77NO4SSi. The first-order chi connectivity index (χ1) is 21.6. The Morgan fingerprint density at radius 2 is 1.02 bits per heavy atom. The van der Waals surface area contributed by atoms with Crippen LogP contribution < -0.4 is 5.32 Å². The number of hydrogen-bond donors (Lipinski definition) is 1. The minimum absolute atomic E-state index is 0.322. The van der Waals surface area contributed by atoms with Crippen molar-refractivity contribution >= 4 is 25.7 Å².